The minimum atomic E-state index is -0.150. The second-order valence-electron chi connectivity index (χ2n) is 6.90. The quantitative estimate of drug-likeness (QED) is 0.407. The second kappa shape index (κ2) is 9.53. The molecule has 0 fully saturated rings. The number of nitrogens with one attached hydrogen (secondary N) is 1. The van der Waals surface area contributed by atoms with Crippen molar-refractivity contribution >= 4 is 23.4 Å². The van der Waals surface area contributed by atoms with Gasteiger partial charge in [0.2, 0.25) is 11.7 Å². The third-order valence-electron chi connectivity index (χ3n) is 4.60. The van der Waals surface area contributed by atoms with Crippen molar-refractivity contribution in [3.8, 4) is 17.3 Å². The van der Waals surface area contributed by atoms with Gasteiger partial charge in [-0.15, -0.1) is 10.2 Å². The molecule has 8 heteroatoms. The van der Waals surface area contributed by atoms with Crippen LogP contribution in [0.15, 0.2) is 76.5 Å². The van der Waals surface area contributed by atoms with Gasteiger partial charge in [-0.25, -0.2) is 0 Å². The van der Waals surface area contributed by atoms with Crippen LogP contribution < -0.4 is 10.1 Å². The molecule has 0 aliphatic heterocycles. The fourth-order valence-electron chi connectivity index (χ4n) is 3.13. The topological polar surface area (TPSA) is 82.2 Å². The molecule has 0 spiro atoms. The molecule has 0 saturated heterocycles. The number of hydrogen-bond donors (Lipinski definition) is 1. The standard InChI is InChI=1S/C23H22N4O3S/c1-16-10-11-19(29-2)18(13-16)24-21(28)15-31-23-26-25-22(20-9-6-12-30-20)27(23)14-17-7-4-3-5-8-17/h3-13H,14-15H2,1-2H3,(H,24,28). The van der Waals surface area contributed by atoms with Gasteiger partial charge in [0.15, 0.2) is 10.9 Å². The molecule has 0 saturated carbocycles. The van der Waals surface area contributed by atoms with E-state index in [1.807, 2.05) is 72.2 Å². The number of anilines is 1. The number of aromatic nitrogens is 3. The van der Waals surface area contributed by atoms with E-state index in [1.54, 1.807) is 13.4 Å². The highest BCUT2D eigenvalue weighted by atomic mass is 32.2. The zero-order valence-corrected chi connectivity index (χ0v) is 18.1. The predicted octanol–water partition coefficient (Wildman–Crippen LogP) is 4.63. The van der Waals surface area contributed by atoms with Crippen LogP contribution in [0.2, 0.25) is 0 Å². The van der Waals surface area contributed by atoms with Crippen LogP contribution >= 0.6 is 11.8 Å². The zero-order chi connectivity index (χ0) is 21.6. The average molecular weight is 435 g/mol. The molecule has 4 rings (SSSR count). The van der Waals surface area contributed by atoms with E-state index in [0.717, 1.165) is 11.1 Å². The Kier molecular flexibility index (Phi) is 6.37. The summed E-state index contributed by atoms with van der Waals surface area (Å²) in [5.41, 5.74) is 2.79. The lowest BCUT2D eigenvalue weighted by Crippen LogP contribution is -2.15. The molecule has 0 radical (unpaired) electrons. The monoisotopic (exact) mass is 434 g/mol. The zero-order valence-electron chi connectivity index (χ0n) is 17.2. The molecule has 0 aliphatic carbocycles. The lowest BCUT2D eigenvalue weighted by molar-refractivity contribution is -0.113. The van der Waals surface area contributed by atoms with Gasteiger partial charge in [-0.05, 0) is 42.3 Å². The molecular formula is C23H22N4O3S. The Hall–Kier alpha value is -3.52. The smallest absolute Gasteiger partial charge is 0.234 e. The second-order valence-corrected chi connectivity index (χ2v) is 7.84. The number of hydrogen-bond acceptors (Lipinski definition) is 6. The molecule has 7 nitrogen and oxygen atoms in total. The van der Waals surface area contributed by atoms with Gasteiger partial charge in [0.25, 0.3) is 0 Å². The number of thioether (sulfide) groups is 1. The number of carbonyl (C=O) groups excluding carboxylic acids is 1. The van der Waals surface area contributed by atoms with Gasteiger partial charge in [-0.2, -0.15) is 0 Å². The van der Waals surface area contributed by atoms with E-state index in [0.29, 0.717) is 34.7 Å². The Labute approximate surface area is 184 Å². The molecule has 4 aromatic rings. The molecule has 1 amide bonds. The number of benzene rings is 2. The van der Waals surface area contributed by atoms with E-state index in [-0.39, 0.29) is 11.7 Å². The van der Waals surface area contributed by atoms with Crippen molar-refractivity contribution in [1.29, 1.82) is 0 Å². The number of carbonyl (C=O) groups is 1. The van der Waals surface area contributed by atoms with Crippen LogP contribution in [0.4, 0.5) is 5.69 Å². The summed E-state index contributed by atoms with van der Waals surface area (Å²) < 4.78 is 12.8. The van der Waals surface area contributed by atoms with Crippen LogP contribution in [0.5, 0.6) is 5.75 Å². The fraction of sp³-hybridized carbons (Fsp3) is 0.174. The lowest BCUT2D eigenvalue weighted by atomic mass is 10.2. The Bertz CT molecular complexity index is 1160. The van der Waals surface area contributed by atoms with Gasteiger partial charge in [0.05, 0.1) is 31.4 Å². The molecule has 0 unspecified atom stereocenters. The van der Waals surface area contributed by atoms with Crippen LogP contribution in [0, 0.1) is 6.92 Å². The van der Waals surface area contributed by atoms with Crippen molar-refractivity contribution < 1.29 is 13.9 Å². The van der Waals surface area contributed by atoms with Gasteiger partial charge in [-0.1, -0.05) is 48.2 Å². The minimum absolute atomic E-state index is 0.150. The lowest BCUT2D eigenvalue weighted by Gasteiger charge is -2.11. The van der Waals surface area contributed by atoms with Crippen molar-refractivity contribution in [1.82, 2.24) is 14.8 Å². The molecule has 1 N–H and O–H groups in total. The third-order valence-corrected chi connectivity index (χ3v) is 5.57. The molecule has 0 atom stereocenters. The van der Waals surface area contributed by atoms with E-state index in [4.69, 9.17) is 9.15 Å². The van der Waals surface area contributed by atoms with Crippen LogP contribution in [0.25, 0.3) is 11.6 Å². The summed E-state index contributed by atoms with van der Waals surface area (Å²) in [6.07, 6.45) is 1.60. The Morgan fingerprint density at radius 2 is 1.97 bits per heavy atom. The molecule has 2 aromatic carbocycles. The molecule has 2 heterocycles. The summed E-state index contributed by atoms with van der Waals surface area (Å²) in [6.45, 7) is 2.53. The molecule has 158 valence electrons. The molecule has 31 heavy (non-hydrogen) atoms. The van der Waals surface area contributed by atoms with E-state index in [2.05, 4.69) is 15.5 Å². The maximum Gasteiger partial charge on any atom is 0.234 e. The van der Waals surface area contributed by atoms with Gasteiger partial charge in [-0.3, -0.25) is 9.36 Å². The maximum absolute atomic E-state index is 12.6. The summed E-state index contributed by atoms with van der Waals surface area (Å²) in [4.78, 5) is 12.6. The first-order valence-electron chi connectivity index (χ1n) is 9.72. The highest BCUT2D eigenvalue weighted by Crippen LogP contribution is 2.27. The first-order chi connectivity index (χ1) is 15.1. The Morgan fingerprint density at radius 1 is 1.13 bits per heavy atom. The largest absolute Gasteiger partial charge is 0.495 e. The van der Waals surface area contributed by atoms with Crippen molar-refractivity contribution in [3.05, 3.63) is 78.1 Å². The first-order valence-corrected chi connectivity index (χ1v) is 10.7. The van der Waals surface area contributed by atoms with E-state index >= 15 is 0 Å². The summed E-state index contributed by atoms with van der Waals surface area (Å²) in [5, 5.41) is 12.2. The maximum atomic E-state index is 12.6. The number of ether oxygens (including phenoxy) is 1. The van der Waals surface area contributed by atoms with Crippen molar-refractivity contribution in [2.24, 2.45) is 0 Å². The van der Waals surface area contributed by atoms with Crippen molar-refractivity contribution in [3.63, 3.8) is 0 Å². The third kappa shape index (κ3) is 4.97. The number of nitrogens with zero attached hydrogens (tertiary/aromatic N) is 3. The Morgan fingerprint density at radius 3 is 2.71 bits per heavy atom. The van der Waals surface area contributed by atoms with E-state index in [1.165, 1.54) is 11.8 Å². The van der Waals surface area contributed by atoms with Crippen LogP contribution in [-0.2, 0) is 11.3 Å². The van der Waals surface area contributed by atoms with Gasteiger partial charge < -0.3 is 14.5 Å². The van der Waals surface area contributed by atoms with E-state index < -0.39 is 0 Å². The van der Waals surface area contributed by atoms with Crippen LogP contribution in [-0.4, -0.2) is 33.5 Å². The average Bonchev–Trinajstić information content (AvgIpc) is 3.43. The van der Waals surface area contributed by atoms with Gasteiger partial charge in [0, 0.05) is 0 Å². The van der Waals surface area contributed by atoms with Gasteiger partial charge in [0.1, 0.15) is 5.75 Å². The number of furan rings is 1. The highest BCUT2D eigenvalue weighted by molar-refractivity contribution is 7.99. The summed E-state index contributed by atoms with van der Waals surface area (Å²) in [6, 6.07) is 19.3. The predicted molar refractivity (Wildman–Crippen MR) is 120 cm³/mol. The number of methoxy groups -OCH3 is 1. The number of rotatable bonds is 8. The minimum Gasteiger partial charge on any atom is -0.495 e. The summed E-state index contributed by atoms with van der Waals surface area (Å²) in [5.74, 6) is 1.91. The normalized spacial score (nSPS) is 10.8. The summed E-state index contributed by atoms with van der Waals surface area (Å²) in [7, 11) is 1.58. The number of aryl methyl sites for hydroxylation is 1. The summed E-state index contributed by atoms with van der Waals surface area (Å²) >= 11 is 1.32. The Balaban J connectivity index is 1.52. The fourth-order valence-corrected chi connectivity index (χ4v) is 3.87. The van der Waals surface area contributed by atoms with Gasteiger partial charge >= 0.3 is 0 Å². The first kappa shape index (κ1) is 20.7. The molecule has 2 aromatic heterocycles. The van der Waals surface area contributed by atoms with E-state index in [9.17, 15) is 4.79 Å². The molecule has 0 bridgehead atoms. The number of amides is 1. The van der Waals surface area contributed by atoms with Crippen molar-refractivity contribution in [2.75, 3.05) is 18.2 Å². The van der Waals surface area contributed by atoms with Crippen molar-refractivity contribution in [2.45, 2.75) is 18.6 Å². The highest BCUT2D eigenvalue weighted by Gasteiger charge is 2.18. The molecule has 0 aliphatic rings. The van der Waals surface area contributed by atoms with Crippen LogP contribution in [0.1, 0.15) is 11.1 Å². The SMILES string of the molecule is COc1ccc(C)cc1NC(=O)CSc1nnc(-c2ccco2)n1Cc1ccccc1. The molecular weight excluding hydrogens is 412 g/mol. The van der Waals surface area contributed by atoms with Crippen LogP contribution in [0.3, 0.4) is 0 Å².